The van der Waals surface area contributed by atoms with Gasteiger partial charge in [0.1, 0.15) is 0 Å². The Morgan fingerprint density at radius 3 is 2.27 bits per heavy atom. The third-order valence-corrected chi connectivity index (χ3v) is 1.04. The molecular formula is C6H12N2O3. The van der Waals surface area contributed by atoms with Crippen molar-refractivity contribution in [2.75, 3.05) is 13.1 Å². The Bertz CT molecular complexity index is 147. The van der Waals surface area contributed by atoms with Gasteiger partial charge in [-0.2, -0.15) is 0 Å². The summed E-state index contributed by atoms with van der Waals surface area (Å²) in [7, 11) is 0. The van der Waals surface area contributed by atoms with Crippen molar-refractivity contribution in [1.29, 1.82) is 0 Å². The lowest BCUT2D eigenvalue weighted by atomic mass is 10.4. The SMILES string of the molecule is CCC(=O)NCCNC(=O)O. The average molecular weight is 160 g/mol. The van der Waals surface area contributed by atoms with Crippen molar-refractivity contribution in [3.8, 4) is 0 Å². The lowest BCUT2D eigenvalue weighted by Crippen LogP contribution is -2.33. The van der Waals surface area contributed by atoms with E-state index in [0.717, 1.165) is 0 Å². The molecule has 0 atom stereocenters. The van der Waals surface area contributed by atoms with E-state index < -0.39 is 6.09 Å². The zero-order valence-corrected chi connectivity index (χ0v) is 6.39. The van der Waals surface area contributed by atoms with Crippen molar-refractivity contribution >= 4 is 12.0 Å². The van der Waals surface area contributed by atoms with Gasteiger partial charge in [-0.15, -0.1) is 0 Å². The predicted molar refractivity (Wildman–Crippen MR) is 39.3 cm³/mol. The molecule has 64 valence electrons. The molecule has 0 aliphatic carbocycles. The molecule has 0 radical (unpaired) electrons. The lowest BCUT2D eigenvalue weighted by molar-refractivity contribution is -0.120. The fourth-order valence-corrected chi connectivity index (χ4v) is 0.496. The number of hydrogen-bond acceptors (Lipinski definition) is 2. The van der Waals surface area contributed by atoms with Crippen LogP contribution >= 0.6 is 0 Å². The van der Waals surface area contributed by atoms with Crippen LogP contribution in [0.15, 0.2) is 0 Å². The van der Waals surface area contributed by atoms with Crippen molar-refractivity contribution < 1.29 is 14.7 Å². The van der Waals surface area contributed by atoms with Crippen LogP contribution in [0.4, 0.5) is 4.79 Å². The van der Waals surface area contributed by atoms with Crippen LogP contribution in [0.3, 0.4) is 0 Å². The summed E-state index contributed by atoms with van der Waals surface area (Å²) in [5.74, 6) is -0.0720. The lowest BCUT2D eigenvalue weighted by Gasteiger charge is -2.01. The van der Waals surface area contributed by atoms with E-state index in [1.54, 1.807) is 6.92 Å². The number of nitrogens with one attached hydrogen (secondary N) is 2. The summed E-state index contributed by atoms with van der Waals surface area (Å²) >= 11 is 0. The number of carbonyl (C=O) groups excluding carboxylic acids is 1. The number of carbonyl (C=O) groups is 2. The van der Waals surface area contributed by atoms with Gasteiger partial charge in [0.05, 0.1) is 0 Å². The number of hydrogen-bond donors (Lipinski definition) is 3. The minimum absolute atomic E-state index is 0.0720. The van der Waals surface area contributed by atoms with Crippen LogP contribution in [0.1, 0.15) is 13.3 Å². The van der Waals surface area contributed by atoms with Crippen LogP contribution in [0, 0.1) is 0 Å². The first kappa shape index (κ1) is 9.74. The first-order valence-corrected chi connectivity index (χ1v) is 3.40. The molecule has 11 heavy (non-hydrogen) atoms. The Morgan fingerprint density at radius 1 is 1.27 bits per heavy atom. The summed E-state index contributed by atoms with van der Waals surface area (Å²) in [6, 6.07) is 0. The molecule has 0 heterocycles. The van der Waals surface area contributed by atoms with Crippen LogP contribution in [-0.4, -0.2) is 30.2 Å². The topological polar surface area (TPSA) is 78.4 Å². The zero-order valence-electron chi connectivity index (χ0n) is 6.39. The molecule has 0 aromatic carbocycles. The molecule has 5 nitrogen and oxygen atoms in total. The van der Waals surface area contributed by atoms with Crippen LogP contribution < -0.4 is 10.6 Å². The maximum atomic E-state index is 10.6. The van der Waals surface area contributed by atoms with E-state index in [1.807, 2.05) is 0 Å². The van der Waals surface area contributed by atoms with E-state index in [2.05, 4.69) is 10.6 Å². The van der Waals surface area contributed by atoms with Crippen LogP contribution in [0.5, 0.6) is 0 Å². The Kier molecular flexibility index (Phi) is 4.89. The molecule has 0 saturated heterocycles. The maximum Gasteiger partial charge on any atom is 0.404 e. The van der Waals surface area contributed by atoms with Gasteiger partial charge in [0.25, 0.3) is 0 Å². The molecule has 3 N–H and O–H groups in total. The molecule has 0 aliphatic heterocycles. The Morgan fingerprint density at radius 2 is 1.82 bits per heavy atom. The standard InChI is InChI=1S/C6H12N2O3/c1-2-5(9)7-3-4-8-6(10)11/h8H,2-4H2,1H3,(H,7,9)(H,10,11). The zero-order chi connectivity index (χ0) is 8.69. The quantitative estimate of drug-likeness (QED) is 0.497. The molecule has 0 spiro atoms. The van der Waals surface area contributed by atoms with Crippen molar-refractivity contribution in [2.45, 2.75) is 13.3 Å². The second-order valence-corrected chi connectivity index (χ2v) is 1.94. The monoisotopic (exact) mass is 160 g/mol. The van der Waals surface area contributed by atoms with E-state index in [0.29, 0.717) is 13.0 Å². The van der Waals surface area contributed by atoms with Crippen molar-refractivity contribution in [3.63, 3.8) is 0 Å². The van der Waals surface area contributed by atoms with Gasteiger partial charge in [0, 0.05) is 19.5 Å². The molecule has 0 aromatic rings. The van der Waals surface area contributed by atoms with E-state index in [4.69, 9.17) is 5.11 Å². The molecule has 2 amide bonds. The van der Waals surface area contributed by atoms with Gasteiger partial charge >= 0.3 is 6.09 Å². The highest BCUT2D eigenvalue weighted by Crippen LogP contribution is 1.72. The molecule has 0 aliphatic rings. The first-order valence-electron chi connectivity index (χ1n) is 3.40. The minimum atomic E-state index is -1.07. The molecule has 0 aromatic heterocycles. The fraction of sp³-hybridized carbons (Fsp3) is 0.667. The molecule has 0 rings (SSSR count). The summed E-state index contributed by atoms with van der Waals surface area (Å²) in [6.07, 6.45) is -0.650. The highest BCUT2D eigenvalue weighted by Gasteiger charge is 1.95. The van der Waals surface area contributed by atoms with Gasteiger partial charge in [-0.05, 0) is 0 Å². The fourth-order valence-electron chi connectivity index (χ4n) is 0.496. The highest BCUT2D eigenvalue weighted by atomic mass is 16.4. The smallest absolute Gasteiger partial charge is 0.404 e. The Balaban J connectivity index is 3.14. The normalized spacial score (nSPS) is 8.82. The second-order valence-electron chi connectivity index (χ2n) is 1.94. The molecular weight excluding hydrogens is 148 g/mol. The third kappa shape index (κ3) is 6.63. The summed E-state index contributed by atoms with van der Waals surface area (Å²) in [6.45, 7) is 2.33. The Labute approximate surface area is 64.8 Å². The van der Waals surface area contributed by atoms with Gasteiger partial charge in [0.2, 0.25) is 5.91 Å². The number of rotatable bonds is 4. The Hall–Kier alpha value is -1.26. The number of carboxylic acid groups (broad SMARTS) is 1. The summed E-state index contributed by atoms with van der Waals surface area (Å²) in [5.41, 5.74) is 0. The molecule has 0 saturated carbocycles. The van der Waals surface area contributed by atoms with Crippen LogP contribution in [0.2, 0.25) is 0 Å². The summed E-state index contributed by atoms with van der Waals surface area (Å²) in [4.78, 5) is 20.5. The minimum Gasteiger partial charge on any atom is -0.465 e. The van der Waals surface area contributed by atoms with E-state index in [1.165, 1.54) is 0 Å². The van der Waals surface area contributed by atoms with E-state index >= 15 is 0 Å². The largest absolute Gasteiger partial charge is 0.465 e. The van der Waals surface area contributed by atoms with Crippen molar-refractivity contribution in [1.82, 2.24) is 10.6 Å². The maximum absolute atomic E-state index is 10.6. The third-order valence-electron chi connectivity index (χ3n) is 1.04. The second kappa shape index (κ2) is 5.52. The average Bonchev–Trinajstić information content (AvgIpc) is 1.97. The van der Waals surface area contributed by atoms with Crippen molar-refractivity contribution in [2.24, 2.45) is 0 Å². The molecule has 0 fully saturated rings. The highest BCUT2D eigenvalue weighted by molar-refractivity contribution is 5.75. The molecule has 0 unspecified atom stereocenters. The van der Waals surface area contributed by atoms with Gasteiger partial charge < -0.3 is 15.7 Å². The van der Waals surface area contributed by atoms with Gasteiger partial charge in [-0.25, -0.2) is 4.79 Å². The van der Waals surface area contributed by atoms with E-state index in [9.17, 15) is 9.59 Å². The van der Waals surface area contributed by atoms with Gasteiger partial charge in [0.15, 0.2) is 0 Å². The summed E-state index contributed by atoms with van der Waals surface area (Å²) < 4.78 is 0. The van der Waals surface area contributed by atoms with Crippen LogP contribution in [0.25, 0.3) is 0 Å². The molecule has 5 heteroatoms. The van der Waals surface area contributed by atoms with Gasteiger partial charge in [-0.3, -0.25) is 4.79 Å². The predicted octanol–water partition coefficient (Wildman–Crippen LogP) is -0.220. The van der Waals surface area contributed by atoms with Gasteiger partial charge in [-0.1, -0.05) is 6.92 Å². The summed E-state index contributed by atoms with van der Waals surface area (Å²) in [5, 5.41) is 12.8. The molecule has 0 bridgehead atoms. The first-order chi connectivity index (χ1) is 5.16. The number of amides is 2. The van der Waals surface area contributed by atoms with Crippen molar-refractivity contribution in [3.05, 3.63) is 0 Å². The van der Waals surface area contributed by atoms with E-state index in [-0.39, 0.29) is 12.5 Å². The van der Waals surface area contributed by atoms with Crippen LogP contribution in [-0.2, 0) is 4.79 Å².